The maximum atomic E-state index is 12.2. The topological polar surface area (TPSA) is 114 Å². The normalized spacial score (nSPS) is 14.2. The summed E-state index contributed by atoms with van der Waals surface area (Å²) in [5, 5.41) is 17.4. The molecule has 120 valence electrons. The average Bonchev–Trinajstić information content (AvgIpc) is 2.87. The first-order valence-corrected chi connectivity index (χ1v) is 7.78. The number of carbonyl (C=O) groups excluding carboxylic acids is 2. The van der Waals surface area contributed by atoms with Gasteiger partial charge in [0.1, 0.15) is 5.56 Å². The fraction of sp³-hybridized carbons (Fsp3) is 0. The molecular weight excluding hydrogens is 427 g/mol. The van der Waals surface area contributed by atoms with Crippen LogP contribution in [0.4, 0.5) is 11.4 Å². The zero-order chi connectivity index (χ0) is 17.3. The Kier molecular flexibility index (Phi) is 4.25. The van der Waals surface area contributed by atoms with Gasteiger partial charge in [0.25, 0.3) is 17.5 Å². The number of para-hydroxylation sites is 1. The van der Waals surface area contributed by atoms with Gasteiger partial charge in [-0.25, -0.2) is 5.43 Å². The summed E-state index contributed by atoms with van der Waals surface area (Å²) in [7, 11) is 0. The fourth-order valence-corrected chi connectivity index (χ4v) is 2.72. The Morgan fingerprint density at radius 1 is 1.25 bits per heavy atom. The Labute approximate surface area is 149 Å². The summed E-state index contributed by atoms with van der Waals surface area (Å²) in [6.45, 7) is 0. The number of rotatable bonds is 3. The first-order chi connectivity index (χ1) is 11.5. The third-order valence-electron chi connectivity index (χ3n) is 3.31. The van der Waals surface area contributed by atoms with Gasteiger partial charge in [-0.1, -0.05) is 12.1 Å². The molecule has 0 aliphatic carbocycles. The van der Waals surface area contributed by atoms with Gasteiger partial charge in [-0.2, -0.15) is 5.10 Å². The minimum atomic E-state index is -0.762. The standard InChI is InChI=1S/C15H9IN4O4/c16-8-5-6-11-10(7-8)13(15(22)17-11)18-19-14(21)9-3-1-2-4-12(9)20(23)24/h1-7H,(H,19,21)(H,17,18,22). The van der Waals surface area contributed by atoms with Gasteiger partial charge in [-0.15, -0.1) is 0 Å². The van der Waals surface area contributed by atoms with Crippen LogP contribution in [0.3, 0.4) is 0 Å². The van der Waals surface area contributed by atoms with Crippen molar-refractivity contribution in [3.05, 3.63) is 67.3 Å². The molecule has 9 heteroatoms. The zero-order valence-corrected chi connectivity index (χ0v) is 14.1. The molecule has 0 spiro atoms. The van der Waals surface area contributed by atoms with Crippen molar-refractivity contribution in [2.24, 2.45) is 5.10 Å². The Balaban J connectivity index is 1.90. The summed E-state index contributed by atoms with van der Waals surface area (Å²) in [5.41, 5.74) is 2.96. The van der Waals surface area contributed by atoms with E-state index in [-0.39, 0.29) is 17.0 Å². The molecule has 0 saturated carbocycles. The van der Waals surface area contributed by atoms with Crippen molar-refractivity contribution < 1.29 is 14.5 Å². The van der Waals surface area contributed by atoms with E-state index in [1.54, 1.807) is 12.1 Å². The molecule has 24 heavy (non-hydrogen) atoms. The molecule has 0 atom stereocenters. The van der Waals surface area contributed by atoms with Crippen molar-refractivity contribution in [1.29, 1.82) is 0 Å². The molecule has 0 fully saturated rings. The predicted molar refractivity (Wildman–Crippen MR) is 94.9 cm³/mol. The van der Waals surface area contributed by atoms with Crippen molar-refractivity contribution >= 4 is 51.5 Å². The molecule has 2 amide bonds. The number of nitro groups is 1. The molecule has 0 unspecified atom stereocenters. The summed E-state index contributed by atoms with van der Waals surface area (Å²) in [4.78, 5) is 34.4. The van der Waals surface area contributed by atoms with Gasteiger partial charge in [0.05, 0.1) is 10.6 Å². The number of nitrogens with zero attached hydrogens (tertiary/aromatic N) is 2. The lowest BCUT2D eigenvalue weighted by atomic mass is 10.1. The number of hydrazone groups is 1. The van der Waals surface area contributed by atoms with Crippen LogP contribution in [0.1, 0.15) is 15.9 Å². The number of hydrogen-bond acceptors (Lipinski definition) is 5. The highest BCUT2D eigenvalue weighted by Crippen LogP contribution is 2.25. The fourth-order valence-electron chi connectivity index (χ4n) is 2.23. The Hall–Kier alpha value is -2.82. The molecule has 2 N–H and O–H groups in total. The summed E-state index contributed by atoms with van der Waals surface area (Å²) in [6.07, 6.45) is 0. The van der Waals surface area contributed by atoms with Gasteiger partial charge >= 0.3 is 0 Å². The van der Waals surface area contributed by atoms with Crippen LogP contribution in [0.25, 0.3) is 0 Å². The number of fused-ring (bicyclic) bond motifs is 1. The number of benzene rings is 2. The minimum Gasteiger partial charge on any atom is -0.320 e. The zero-order valence-electron chi connectivity index (χ0n) is 11.9. The van der Waals surface area contributed by atoms with Crippen LogP contribution in [0.2, 0.25) is 0 Å². The van der Waals surface area contributed by atoms with Crippen LogP contribution in [-0.4, -0.2) is 22.4 Å². The second-order valence-corrected chi connectivity index (χ2v) is 6.07. The summed E-state index contributed by atoms with van der Waals surface area (Å²) in [6, 6.07) is 10.8. The quantitative estimate of drug-likeness (QED) is 0.437. The van der Waals surface area contributed by atoms with Gasteiger partial charge in [0.2, 0.25) is 0 Å². The molecule has 1 aliphatic heterocycles. The molecular formula is C15H9IN4O4. The number of halogens is 1. The number of carbonyl (C=O) groups is 2. The summed E-state index contributed by atoms with van der Waals surface area (Å²) < 4.78 is 0.903. The maximum absolute atomic E-state index is 12.2. The van der Waals surface area contributed by atoms with E-state index in [0.717, 1.165) is 3.57 Å². The van der Waals surface area contributed by atoms with E-state index in [2.05, 4.69) is 38.4 Å². The molecule has 0 bridgehead atoms. The highest BCUT2D eigenvalue weighted by Gasteiger charge is 2.27. The molecule has 0 radical (unpaired) electrons. The van der Waals surface area contributed by atoms with Crippen molar-refractivity contribution in [2.45, 2.75) is 0 Å². The van der Waals surface area contributed by atoms with Gasteiger partial charge in [0, 0.05) is 15.2 Å². The second-order valence-electron chi connectivity index (χ2n) is 4.82. The van der Waals surface area contributed by atoms with Crippen molar-refractivity contribution in [3.63, 3.8) is 0 Å². The van der Waals surface area contributed by atoms with E-state index >= 15 is 0 Å². The van der Waals surface area contributed by atoms with Gasteiger partial charge in [-0.3, -0.25) is 19.7 Å². The Bertz CT molecular complexity index is 910. The van der Waals surface area contributed by atoms with E-state index in [4.69, 9.17) is 0 Å². The first-order valence-electron chi connectivity index (χ1n) is 6.70. The third kappa shape index (κ3) is 2.97. The van der Waals surface area contributed by atoms with Crippen LogP contribution in [-0.2, 0) is 4.79 Å². The van der Waals surface area contributed by atoms with Crippen molar-refractivity contribution in [1.82, 2.24) is 5.43 Å². The number of hydrogen-bond donors (Lipinski definition) is 2. The van der Waals surface area contributed by atoms with E-state index in [9.17, 15) is 19.7 Å². The first kappa shape index (κ1) is 16.1. The lowest BCUT2D eigenvalue weighted by Gasteiger charge is -2.02. The summed E-state index contributed by atoms with van der Waals surface area (Å²) >= 11 is 2.10. The molecule has 2 aromatic carbocycles. The molecule has 3 rings (SSSR count). The largest absolute Gasteiger partial charge is 0.320 e. The molecule has 8 nitrogen and oxygen atoms in total. The van der Waals surface area contributed by atoms with Crippen LogP contribution in [0, 0.1) is 13.7 Å². The Morgan fingerprint density at radius 3 is 2.75 bits per heavy atom. The van der Waals surface area contributed by atoms with E-state index < -0.39 is 16.7 Å². The average molecular weight is 436 g/mol. The van der Waals surface area contributed by atoms with E-state index in [1.807, 2.05) is 6.07 Å². The molecule has 0 saturated heterocycles. The molecule has 0 aromatic heterocycles. The van der Waals surface area contributed by atoms with Crippen LogP contribution >= 0.6 is 22.6 Å². The SMILES string of the molecule is O=C1Nc2ccc(I)cc2/C1=N\NC(=O)c1ccccc1[N+](=O)[O-]. The molecule has 1 aliphatic rings. The van der Waals surface area contributed by atoms with E-state index in [1.165, 1.54) is 24.3 Å². The van der Waals surface area contributed by atoms with Crippen LogP contribution in [0.15, 0.2) is 47.6 Å². The second kappa shape index (κ2) is 6.35. The monoisotopic (exact) mass is 436 g/mol. The maximum Gasteiger partial charge on any atom is 0.282 e. The number of nitro benzene ring substituents is 1. The molecule has 1 heterocycles. The van der Waals surface area contributed by atoms with Gasteiger partial charge in [-0.05, 0) is 46.9 Å². The molecule has 2 aromatic rings. The smallest absolute Gasteiger partial charge is 0.282 e. The summed E-state index contributed by atoms with van der Waals surface area (Å²) in [5.74, 6) is -1.21. The van der Waals surface area contributed by atoms with Gasteiger partial charge in [0.15, 0.2) is 5.71 Å². The van der Waals surface area contributed by atoms with Crippen LogP contribution in [0.5, 0.6) is 0 Å². The minimum absolute atomic E-state index is 0.0513. The predicted octanol–water partition coefficient (Wildman–Crippen LogP) is 2.29. The van der Waals surface area contributed by atoms with E-state index in [0.29, 0.717) is 11.3 Å². The van der Waals surface area contributed by atoms with Crippen molar-refractivity contribution in [3.8, 4) is 0 Å². The highest BCUT2D eigenvalue weighted by atomic mass is 127. The lowest BCUT2D eigenvalue weighted by Crippen LogP contribution is -2.24. The number of anilines is 1. The number of amides is 2. The van der Waals surface area contributed by atoms with Crippen LogP contribution < -0.4 is 10.7 Å². The van der Waals surface area contributed by atoms with Crippen molar-refractivity contribution in [2.75, 3.05) is 5.32 Å². The third-order valence-corrected chi connectivity index (χ3v) is 3.99. The highest BCUT2D eigenvalue weighted by molar-refractivity contribution is 14.1. The Morgan fingerprint density at radius 2 is 2.00 bits per heavy atom. The van der Waals surface area contributed by atoms with Gasteiger partial charge < -0.3 is 5.32 Å². The lowest BCUT2D eigenvalue weighted by molar-refractivity contribution is -0.385. The number of nitrogens with one attached hydrogen (secondary N) is 2.